The fourth-order valence-electron chi connectivity index (χ4n) is 1.13. The Morgan fingerprint density at radius 2 is 2.60 bits per heavy atom. The normalized spacial score (nSPS) is 21.9. The molecule has 0 spiro atoms. The first kappa shape index (κ1) is 5.53. The molecule has 0 fully saturated rings. The van der Waals surface area contributed by atoms with Gasteiger partial charge in [-0.05, 0) is 6.92 Å². The zero-order chi connectivity index (χ0) is 6.97. The largest absolute Gasteiger partial charge is 0.380 e. The highest BCUT2D eigenvalue weighted by molar-refractivity contribution is 5.28. The third-order valence-corrected chi connectivity index (χ3v) is 1.67. The van der Waals surface area contributed by atoms with E-state index in [4.69, 9.17) is 0 Å². The first-order valence-corrected chi connectivity index (χ1v) is 3.33. The van der Waals surface area contributed by atoms with Crippen LogP contribution < -0.4 is 5.32 Å². The van der Waals surface area contributed by atoms with E-state index >= 15 is 0 Å². The molecular formula is C7H9N3. The van der Waals surface area contributed by atoms with Crippen molar-refractivity contribution in [1.82, 2.24) is 14.9 Å². The maximum atomic E-state index is 4.19. The number of rotatable bonds is 0. The summed E-state index contributed by atoms with van der Waals surface area (Å²) in [7, 11) is 0. The number of hydrogen-bond acceptors (Lipinski definition) is 2. The molecule has 2 heterocycles. The predicted molar refractivity (Wildman–Crippen MR) is 39.1 cm³/mol. The summed E-state index contributed by atoms with van der Waals surface area (Å²) in [4.78, 5) is 4.19. The van der Waals surface area contributed by atoms with Crippen molar-refractivity contribution in [3.8, 4) is 0 Å². The van der Waals surface area contributed by atoms with Gasteiger partial charge in [0.2, 0.25) is 0 Å². The van der Waals surface area contributed by atoms with Gasteiger partial charge in [-0.25, -0.2) is 4.98 Å². The van der Waals surface area contributed by atoms with E-state index in [-0.39, 0.29) is 0 Å². The summed E-state index contributed by atoms with van der Waals surface area (Å²) in [6.07, 6.45) is 7.65. The van der Waals surface area contributed by atoms with Gasteiger partial charge >= 0.3 is 0 Å². The molecule has 1 unspecified atom stereocenters. The number of nitrogens with zero attached hydrogens (tertiary/aromatic N) is 2. The molecule has 1 N–H and O–H groups in total. The molecule has 3 heteroatoms. The molecule has 0 saturated carbocycles. The molecule has 3 nitrogen and oxygen atoms in total. The van der Waals surface area contributed by atoms with Crippen molar-refractivity contribution in [2.75, 3.05) is 0 Å². The van der Waals surface area contributed by atoms with Crippen LogP contribution in [0.3, 0.4) is 0 Å². The van der Waals surface area contributed by atoms with Crippen LogP contribution in [0.25, 0.3) is 6.20 Å². The summed E-state index contributed by atoms with van der Waals surface area (Å²) in [5.41, 5.74) is 0. The molecule has 2 rings (SSSR count). The summed E-state index contributed by atoms with van der Waals surface area (Å²) in [6, 6.07) is 0.333. The second kappa shape index (κ2) is 1.87. The second-order valence-electron chi connectivity index (χ2n) is 2.40. The third-order valence-electron chi connectivity index (χ3n) is 1.67. The number of nitrogens with one attached hydrogen (secondary N) is 1. The Morgan fingerprint density at radius 3 is 3.40 bits per heavy atom. The molecule has 1 aromatic heterocycles. The molecule has 0 aliphatic carbocycles. The molecule has 0 bridgehead atoms. The van der Waals surface area contributed by atoms with Gasteiger partial charge in [-0.1, -0.05) is 0 Å². The molecule has 1 aliphatic rings. The molecule has 0 saturated heterocycles. The Hall–Kier alpha value is -1.25. The molecule has 1 aromatic rings. The predicted octanol–water partition coefficient (Wildman–Crippen LogP) is 0.975. The maximum absolute atomic E-state index is 4.19. The van der Waals surface area contributed by atoms with Gasteiger partial charge in [0.25, 0.3) is 0 Å². The molecule has 0 aromatic carbocycles. The van der Waals surface area contributed by atoms with Crippen LogP contribution in [-0.4, -0.2) is 9.55 Å². The van der Waals surface area contributed by atoms with Crippen molar-refractivity contribution in [1.29, 1.82) is 0 Å². The quantitative estimate of drug-likeness (QED) is 0.574. The summed E-state index contributed by atoms with van der Waals surface area (Å²) in [5.74, 6) is 1.07. The van der Waals surface area contributed by atoms with Crippen molar-refractivity contribution < 1.29 is 0 Å². The molecule has 52 valence electrons. The standard InChI is InChI=1S/C7H9N3/c1-6-7-9-3-5-10(7)4-2-8-6/h2-6,8H,1H3. The van der Waals surface area contributed by atoms with Gasteiger partial charge in [0.05, 0.1) is 6.04 Å². The van der Waals surface area contributed by atoms with Crippen molar-refractivity contribution in [3.63, 3.8) is 0 Å². The first-order valence-electron chi connectivity index (χ1n) is 3.33. The van der Waals surface area contributed by atoms with Crippen LogP contribution in [0.15, 0.2) is 18.6 Å². The van der Waals surface area contributed by atoms with E-state index in [2.05, 4.69) is 17.2 Å². The van der Waals surface area contributed by atoms with Crippen molar-refractivity contribution in [2.24, 2.45) is 0 Å². The Balaban J connectivity index is 2.52. The van der Waals surface area contributed by atoms with Crippen LogP contribution in [0.4, 0.5) is 0 Å². The van der Waals surface area contributed by atoms with E-state index in [1.807, 2.05) is 29.4 Å². The molecule has 0 amide bonds. The second-order valence-corrected chi connectivity index (χ2v) is 2.40. The van der Waals surface area contributed by atoms with Crippen LogP contribution in [0, 0.1) is 0 Å². The van der Waals surface area contributed by atoms with E-state index in [1.54, 1.807) is 0 Å². The Labute approximate surface area is 59.4 Å². The van der Waals surface area contributed by atoms with Crippen LogP contribution in [0.5, 0.6) is 0 Å². The van der Waals surface area contributed by atoms with Crippen LogP contribution >= 0.6 is 0 Å². The van der Waals surface area contributed by atoms with Gasteiger partial charge in [-0.2, -0.15) is 0 Å². The fourth-order valence-corrected chi connectivity index (χ4v) is 1.13. The fraction of sp³-hybridized carbons (Fsp3) is 0.286. The average molecular weight is 135 g/mol. The molecule has 1 atom stereocenters. The highest BCUT2D eigenvalue weighted by atomic mass is 15.1. The number of fused-ring (bicyclic) bond motifs is 1. The van der Waals surface area contributed by atoms with E-state index in [9.17, 15) is 0 Å². The SMILES string of the molecule is CC1NC=Cn2ccnc21. The van der Waals surface area contributed by atoms with Crippen molar-refractivity contribution in [3.05, 3.63) is 24.4 Å². The first-order chi connectivity index (χ1) is 4.88. The van der Waals surface area contributed by atoms with Gasteiger partial charge in [-0.15, -0.1) is 0 Å². The van der Waals surface area contributed by atoms with Crippen molar-refractivity contribution in [2.45, 2.75) is 13.0 Å². The van der Waals surface area contributed by atoms with Crippen LogP contribution in [0.2, 0.25) is 0 Å². The monoisotopic (exact) mass is 135 g/mol. The third kappa shape index (κ3) is 0.635. The average Bonchev–Trinajstić information content (AvgIpc) is 2.36. The van der Waals surface area contributed by atoms with E-state index in [0.717, 1.165) is 5.82 Å². The lowest BCUT2D eigenvalue weighted by Crippen LogP contribution is -2.19. The summed E-state index contributed by atoms with van der Waals surface area (Å²) >= 11 is 0. The lowest BCUT2D eigenvalue weighted by molar-refractivity contribution is 0.615. The molecule has 1 aliphatic heterocycles. The van der Waals surface area contributed by atoms with Gasteiger partial charge in [0.1, 0.15) is 5.82 Å². The Morgan fingerprint density at radius 1 is 1.70 bits per heavy atom. The smallest absolute Gasteiger partial charge is 0.135 e. The zero-order valence-corrected chi connectivity index (χ0v) is 5.78. The summed E-state index contributed by atoms with van der Waals surface area (Å²) in [5, 5.41) is 3.16. The topological polar surface area (TPSA) is 29.9 Å². The lowest BCUT2D eigenvalue weighted by atomic mass is 10.3. The highest BCUT2D eigenvalue weighted by Crippen LogP contribution is 2.13. The number of hydrogen-bond donors (Lipinski definition) is 1. The Kier molecular flexibility index (Phi) is 1.03. The maximum Gasteiger partial charge on any atom is 0.135 e. The van der Waals surface area contributed by atoms with Gasteiger partial charge in [0.15, 0.2) is 0 Å². The summed E-state index contributed by atoms with van der Waals surface area (Å²) < 4.78 is 2.02. The van der Waals surface area contributed by atoms with E-state index in [1.165, 1.54) is 0 Å². The minimum absolute atomic E-state index is 0.333. The number of imidazole rings is 1. The van der Waals surface area contributed by atoms with Crippen LogP contribution in [0.1, 0.15) is 18.8 Å². The Bertz CT molecular complexity index is 262. The minimum atomic E-state index is 0.333. The van der Waals surface area contributed by atoms with Crippen LogP contribution in [-0.2, 0) is 0 Å². The van der Waals surface area contributed by atoms with E-state index in [0.29, 0.717) is 6.04 Å². The van der Waals surface area contributed by atoms with Crippen molar-refractivity contribution >= 4 is 6.20 Å². The van der Waals surface area contributed by atoms with Gasteiger partial charge in [-0.3, -0.25) is 0 Å². The lowest BCUT2D eigenvalue weighted by Gasteiger charge is -2.16. The molecule has 0 radical (unpaired) electrons. The van der Waals surface area contributed by atoms with Gasteiger partial charge in [0, 0.05) is 24.8 Å². The molecular weight excluding hydrogens is 126 g/mol. The van der Waals surface area contributed by atoms with E-state index < -0.39 is 0 Å². The minimum Gasteiger partial charge on any atom is -0.380 e. The zero-order valence-electron chi connectivity index (χ0n) is 5.78. The summed E-state index contributed by atoms with van der Waals surface area (Å²) in [6.45, 7) is 2.09. The number of aromatic nitrogens is 2. The highest BCUT2D eigenvalue weighted by Gasteiger charge is 2.10. The molecule has 10 heavy (non-hydrogen) atoms. The van der Waals surface area contributed by atoms with Gasteiger partial charge < -0.3 is 9.88 Å².